The SMILES string of the molecule is CCC[C@@H]1C=C(C)C[C@@H](C)C[C@H](OC)[C@H]2O[C@@](O)(C(=O)C(=O)N3CCCC[C@H]3C(=O)O[C@H](C(C)=C[C@@H]3CC[C@@H](O)[C@@H](OC)C3)[C@H](C)[C@H](O)CC1=O)[C@@H](C)C[C@@H]2OC. The number of esters is 1. The molecule has 3 heterocycles. The maximum absolute atomic E-state index is 14.3. The third kappa shape index (κ3) is 11.4. The smallest absolute Gasteiger partial charge is 0.329 e. The van der Waals surface area contributed by atoms with E-state index in [1.807, 2.05) is 32.9 Å². The Morgan fingerprint density at radius 1 is 0.912 bits per heavy atom. The highest BCUT2D eigenvalue weighted by molar-refractivity contribution is 6.39. The highest BCUT2D eigenvalue weighted by Crippen LogP contribution is 2.39. The number of piperidine rings is 1. The number of aliphatic hydroxyl groups excluding tert-OH is 2. The second-order valence-electron chi connectivity index (χ2n) is 17.5. The van der Waals surface area contributed by atoms with Gasteiger partial charge in [-0.25, -0.2) is 4.79 Å². The molecule has 324 valence electrons. The molecule has 0 aromatic rings. The van der Waals surface area contributed by atoms with Crippen molar-refractivity contribution in [2.45, 2.75) is 173 Å². The lowest BCUT2D eigenvalue weighted by atomic mass is 9.81. The van der Waals surface area contributed by atoms with Crippen LogP contribution >= 0.6 is 0 Å². The van der Waals surface area contributed by atoms with E-state index in [9.17, 15) is 34.5 Å². The molecule has 0 aromatic carbocycles. The molecule has 1 saturated carbocycles. The number of ketones is 2. The molecule has 57 heavy (non-hydrogen) atoms. The number of fused-ring (bicyclic) bond motifs is 3. The van der Waals surface area contributed by atoms with Crippen LogP contribution in [0.15, 0.2) is 23.3 Å². The van der Waals surface area contributed by atoms with Crippen molar-refractivity contribution in [3.63, 3.8) is 0 Å². The van der Waals surface area contributed by atoms with E-state index < -0.39 is 83.9 Å². The standard InChI is InChI=1S/C44H71NO12/c1-10-13-31-19-25(2)18-26(3)20-37(54-8)40-38(55-9)22-28(5)44(52,57-40)41(49)42(50)45-17-12-11-14-32(45)43(51)56-39(29(6)34(47)24-35(31)48)27(4)21-30-15-16-33(46)36(23-30)53-7/h19,21,26,28-34,36-40,46-47,52H,10-18,20,22-24H2,1-9H3/t26-,28+,29-,30+,31-,32+,33-,34-,36+,37+,38+,39-,40-,44-/m1/s1. The van der Waals surface area contributed by atoms with Crippen LogP contribution in [0.4, 0.5) is 0 Å². The molecule has 0 unspecified atom stereocenters. The fraction of sp³-hybridized carbons (Fsp3) is 0.818. The number of allylic oxidation sites excluding steroid dienone is 3. The number of ether oxygens (including phenoxy) is 5. The third-order valence-electron chi connectivity index (χ3n) is 13.1. The van der Waals surface area contributed by atoms with Gasteiger partial charge in [0.2, 0.25) is 5.79 Å². The van der Waals surface area contributed by atoms with Gasteiger partial charge in [0, 0.05) is 52.0 Å². The van der Waals surface area contributed by atoms with Crippen molar-refractivity contribution in [1.29, 1.82) is 0 Å². The van der Waals surface area contributed by atoms with Crippen LogP contribution in [0.3, 0.4) is 0 Å². The Kier molecular flexibility index (Phi) is 17.5. The van der Waals surface area contributed by atoms with Crippen LogP contribution in [0.25, 0.3) is 0 Å². The minimum atomic E-state index is -2.50. The highest BCUT2D eigenvalue weighted by Gasteiger charge is 2.56. The first-order valence-corrected chi connectivity index (χ1v) is 21.3. The molecule has 3 aliphatic heterocycles. The van der Waals surface area contributed by atoms with Gasteiger partial charge in [-0.15, -0.1) is 0 Å². The first kappa shape index (κ1) is 47.2. The van der Waals surface area contributed by atoms with Gasteiger partial charge in [0.05, 0.1) is 30.5 Å². The maximum atomic E-state index is 14.3. The molecule has 1 amide bonds. The molecular formula is C44H71NO12. The summed E-state index contributed by atoms with van der Waals surface area (Å²) in [6.07, 6.45) is 4.60. The van der Waals surface area contributed by atoms with Crippen molar-refractivity contribution >= 4 is 23.4 Å². The topological polar surface area (TPSA) is 178 Å². The van der Waals surface area contributed by atoms with Gasteiger partial charge < -0.3 is 43.9 Å². The quantitative estimate of drug-likeness (QED) is 0.181. The van der Waals surface area contributed by atoms with Gasteiger partial charge in [0.1, 0.15) is 24.0 Å². The van der Waals surface area contributed by atoms with E-state index in [-0.39, 0.29) is 49.5 Å². The average molecular weight is 806 g/mol. The summed E-state index contributed by atoms with van der Waals surface area (Å²) in [6, 6.07) is -1.13. The number of aliphatic hydroxyl groups is 3. The van der Waals surface area contributed by atoms with Crippen LogP contribution in [0, 0.1) is 29.6 Å². The van der Waals surface area contributed by atoms with Gasteiger partial charge in [0.15, 0.2) is 0 Å². The summed E-state index contributed by atoms with van der Waals surface area (Å²) in [6.45, 7) is 11.4. The van der Waals surface area contributed by atoms with Crippen molar-refractivity contribution < 1.29 is 58.2 Å². The zero-order chi connectivity index (χ0) is 42.2. The number of methoxy groups -OCH3 is 3. The first-order chi connectivity index (χ1) is 27.0. The number of rotatable bonds is 7. The molecule has 14 atom stereocenters. The lowest BCUT2D eigenvalue weighted by Crippen LogP contribution is -2.64. The maximum Gasteiger partial charge on any atom is 0.329 e. The molecule has 13 nitrogen and oxygen atoms in total. The van der Waals surface area contributed by atoms with Crippen LogP contribution in [0.5, 0.6) is 0 Å². The fourth-order valence-corrected chi connectivity index (χ4v) is 9.60. The van der Waals surface area contributed by atoms with Crippen LogP contribution in [0.2, 0.25) is 0 Å². The number of hydrogen-bond acceptors (Lipinski definition) is 12. The van der Waals surface area contributed by atoms with E-state index in [0.29, 0.717) is 56.9 Å². The van der Waals surface area contributed by atoms with Crippen molar-refractivity contribution in [3.8, 4) is 0 Å². The van der Waals surface area contributed by atoms with Gasteiger partial charge in [0.25, 0.3) is 11.7 Å². The second kappa shape index (κ2) is 21.1. The summed E-state index contributed by atoms with van der Waals surface area (Å²) < 4.78 is 29.8. The monoisotopic (exact) mass is 805 g/mol. The Morgan fingerprint density at radius 3 is 2.23 bits per heavy atom. The molecule has 1 aliphatic carbocycles. The van der Waals surface area contributed by atoms with Crippen LogP contribution in [-0.2, 0) is 42.9 Å². The largest absolute Gasteiger partial charge is 0.456 e. The molecule has 0 spiro atoms. The number of Topliss-reactive ketones (excluding diaryl/α,β-unsaturated/α-hetero) is 2. The third-order valence-corrected chi connectivity index (χ3v) is 13.1. The molecule has 0 radical (unpaired) electrons. The van der Waals surface area contributed by atoms with E-state index in [0.717, 1.165) is 12.0 Å². The van der Waals surface area contributed by atoms with Crippen LogP contribution in [-0.4, -0.2) is 126 Å². The van der Waals surface area contributed by atoms with Crippen LogP contribution in [0.1, 0.15) is 119 Å². The molecule has 2 bridgehead atoms. The van der Waals surface area contributed by atoms with E-state index in [1.54, 1.807) is 21.0 Å². The predicted molar refractivity (Wildman–Crippen MR) is 213 cm³/mol. The Hall–Kier alpha value is -2.52. The minimum absolute atomic E-state index is 0.000416. The number of amides is 1. The van der Waals surface area contributed by atoms with Gasteiger partial charge in [-0.05, 0) is 95.5 Å². The summed E-state index contributed by atoms with van der Waals surface area (Å²) in [5.74, 6) is -7.46. The van der Waals surface area contributed by atoms with E-state index in [1.165, 1.54) is 19.1 Å². The lowest BCUT2D eigenvalue weighted by molar-refractivity contribution is -0.302. The normalized spacial score (nSPS) is 40.1. The summed E-state index contributed by atoms with van der Waals surface area (Å²) in [5.41, 5.74) is 1.67. The van der Waals surface area contributed by atoms with Crippen LogP contribution < -0.4 is 0 Å². The molecule has 3 fully saturated rings. The summed E-state index contributed by atoms with van der Waals surface area (Å²) in [4.78, 5) is 57.9. The summed E-state index contributed by atoms with van der Waals surface area (Å²) in [7, 11) is 4.64. The molecule has 3 N–H and O–H groups in total. The van der Waals surface area contributed by atoms with Crippen molar-refractivity contribution in [3.05, 3.63) is 23.3 Å². The summed E-state index contributed by atoms with van der Waals surface area (Å²) >= 11 is 0. The number of carbonyl (C=O) groups is 4. The zero-order valence-corrected chi connectivity index (χ0v) is 35.8. The van der Waals surface area contributed by atoms with Crippen molar-refractivity contribution in [2.24, 2.45) is 29.6 Å². The van der Waals surface area contributed by atoms with E-state index >= 15 is 0 Å². The molecule has 0 aromatic heterocycles. The molecule has 13 heteroatoms. The first-order valence-electron chi connectivity index (χ1n) is 21.3. The lowest BCUT2D eigenvalue weighted by Gasteiger charge is -2.47. The van der Waals surface area contributed by atoms with Gasteiger partial charge in [-0.1, -0.05) is 51.8 Å². The number of nitrogens with zero attached hydrogens (tertiary/aromatic N) is 1. The minimum Gasteiger partial charge on any atom is -0.456 e. The number of carbonyl (C=O) groups excluding carboxylic acids is 4. The predicted octanol–water partition coefficient (Wildman–Crippen LogP) is 4.86. The summed E-state index contributed by atoms with van der Waals surface area (Å²) in [5, 5.41) is 34.2. The average Bonchev–Trinajstić information content (AvgIpc) is 3.18. The Morgan fingerprint density at radius 2 is 1.58 bits per heavy atom. The number of cyclic esters (lactones) is 1. The Labute approximate surface area is 339 Å². The van der Waals surface area contributed by atoms with Crippen molar-refractivity contribution in [1.82, 2.24) is 4.90 Å². The molecular weight excluding hydrogens is 734 g/mol. The van der Waals surface area contributed by atoms with Gasteiger partial charge in [-0.2, -0.15) is 0 Å². The van der Waals surface area contributed by atoms with Crippen molar-refractivity contribution in [2.75, 3.05) is 27.9 Å². The zero-order valence-electron chi connectivity index (χ0n) is 35.8. The molecule has 4 aliphatic rings. The molecule has 2 saturated heterocycles. The van der Waals surface area contributed by atoms with Gasteiger partial charge in [-0.3, -0.25) is 14.4 Å². The highest BCUT2D eigenvalue weighted by atomic mass is 16.7. The molecule has 4 rings (SSSR count). The van der Waals surface area contributed by atoms with Gasteiger partial charge >= 0.3 is 5.97 Å². The number of hydrogen-bond donors (Lipinski definition) is 3. The Bertz CT molecular complexity index is 1450. The van der Waals surface area contributed by atoms with E-state index in [2.05, 4.69) is 6.92 Å². The Balaban J connectivity index is 1.77. The van der Waals surface area contributed by atoms with E-state index in [4.69, 9.17) is 23.7 Å². The second-order valence-corrected chi connectivity index (χ2v) is 17.5. The fourth-order valence-electron chi connectivity index (χ4n) is 9.60.